The van der Waals surface area contributed by atoms with Gasteiger partial charge in [-0.2, -0.15) is 11.8 Å². The predicted octanol–water partition coefficient (Wildman–Crippen LogP) is -1.07. The molecule has 14 N–H and O–H groups in total. The normalized spacial score (nSPS) is 20.0. The Morgan fingerprint density at radius 3 is 2.04 bits per heavy atom. The van der Waals surface area contributed by atoms with Crippen molar-refractivity contribution >= 4 is 78.8 Å². The van der Waals surface area contributed by atoms with E-state index in [0.29, 0.717) is 11.3 Å². The standard InChI is InChI=1S/C44H70N9O16PS/c1-24(2)20-32(48-36(55)23-47-38(58)28(45)13-16-37(56)57)42(62)49-29-8-6-7-18-46-35(54)15-14-30(40(60)53-34(44(64)65)21-25(3)4)50-41(61)31(17-19-71-5)51-43(63)33(52-39(29)59)22-26-9-11-27(12-10-26)69-70(66,67)68/h9-12,24-25,28-34H,6-8,13-23,45H2,1-5H3,(H,46,54)(H,47,58)(H,48,55)(H,49,62)(H,50,61)(H,51,63)(H,52,59)(H,53,60)(H,56,57)(H,64,65)(H2,66,67,68)/t28-,29-,30+,31+,32-,33-,34-/m0/s1. The maximum Gasteiger partial charge on any atom is 0.524 e. The van der Waals surface area contributed by atoms with Crippen LogP contribution < -0.4 is 52.8 Å². The van der Waals surface area contributed by atoms with E-state index in [-0.39, 0.29) is 94.8 Å². The lowest BCUT2D eigenvalue weighted by Crippen LogP contribution is -2.60. The molecule has 1 aliphatic rings. The third-order valence-corrected chi connectivity index (χ3v) is 11.8. The van der Waals surface area contributed by atoms with E-state index >= 15 is 0 Å². The molecule has 0 aromatic heterocycles. The Kier molecular flexibility index (Phi) is 26.6. The fraction of sp³-hybridized carbons (Fsp3) is 0.636. The molecule has 1 saturated heterocycles. The van der Waals surface area contributed by atoms with Crippen LogP contribution in [0.5, 0.6) is 5.75 Å². The summed E-state index contributed by atoms with van der Waals surface area (Å²) in [5.41, 5.74) is 6.07. The van der Waals surface area contributed by atoms with E-state index in [1.807, 2.05) is 0 Å². The summed E-state index contributed by atoms with van der Waals surface area (Å²) >= 11 is 1.33. The van der Waals surface area contributed by atoms with Crippen molar-refractivity contribution in [3.63, 3.8) is 0 Å². The topological polar surface area (TPSA) is 400 Å². The maximum absolute atomic E-state index is 14.4. The number of aliphatic carboxylic acids is 2. The van der Waals surface area contributed by atoms with Crippen LogP contribution in [-0.4, -0.2) is 147 Å². The summed E-state index contributed by atoms with van der Waals surface area (Å²) in [6, 6.07) is -4.24. The van der Waals surface area contributed by atoms with Gasteiger partial charge in [0.25, 0.3) is 0 Å². The molecule has 1 aromatic carbocycles. The van der Waals surface area contributed by atoms with Gasteiger partial charge in [0.2, 0.25) is 47.3 Å². The van der Waals surface area contributed by atoms with E-state index in [9.17, 15) is 67.4 Å². The van der Waals surface area contributed by atoms with Crippen LogP contribution in [0.2, 0.25) is 0 Å². The van der Waals surface area contributed by atoms with E-state index in [2.05, 4.69) is 47.1 Å². The first kappa shape index (κ1) is 61.3. The first-order valence-corrected chi connectivity index (χ1v) is 26.1. The minimum absolute atomic E-state index is 0.00338. The molecule has 1 aromatic rings. The van der Waals surface area contributed by atoms with Gasteiger partial charge in [0, 0.05) is 25.8 Å². The van der Waals surface area contributed by atoms with Gasteiger partial charge >= 0.3 is 19.8 Å². The highest BCUT2D eigenvalue weighted by molar-refractivity contribution is 7.98. The van der Waals surface area contributed by atoms with Crippen LogP contribution in [0.15, 0.2) is 24.3 Å². The Morgan fingerprint density at radius 1 is 0.831 bits per heavy atom. The molecule has 0 spiro atoms. The van der Waals surface area contributed by atoms with Gasteiger partial charge in [-0.15, -0.1) is 0 Å². The lowest BCUT2D eigenvalue weighted by molar-refractivity contribution is -0.143. The lowest BCUT2D eigenvalue weighted by atomic mass is 10.0. The maximum atomic E-state index is 14.4. The first-order chi connectivity index (χ1) is 33.3. The molecule has 1 heterocycles. The molecule has 7 atom stereocenters. The Morgan fingerprint density at radius 2 is 1.45 bits per heavy atom. The zero-order chi connectivity index (χ0) is 53.4. The van der Waals surface area contributed by atoms with Gasteiger partial charge in [-0.05, 0) is 92.9 Å². The highest BCUT2D eigenvalue weighted by Gasteiger charge is 2.34. The molecule has 0 unspecified atom stereocenters. The lowest BCUT2D eigenvalue weighted by Gasteiger charge is -2.28. The molecule has 0 aliphatic carbocycles. The zero-order valence-corrected chi connectivity index (χ0v) is 42.2. The smallest absolute Gasteiger partial charge is 0.481 e. The molecule has 1 aliphatic heterocycles. The van der Waals surface area contributed by atoms with Crippen molar-refractivity contribution in [2.75, 3.05) is 25.1 Å². The molecule has 71 heavy (non-hydrogen) atoms. The Balaban J connectivity index is 2.56. The van der Waals surface area contributed by atoms with Crippen molar-refractivity contribution in [2.45, 2.75) is 141 Å². The number of benzene rings is 1. The number of phosphoric ester groups is 1. The highest BCUT2D eigenvalue weighted by Crippen LogP contribution is 2.37. The van der Waals surface area contributed by atoms with E-state index < -0.39 is 116 Å². The van der Waals surface area contributed by atoms with Crippen molar-refractivity contribution in [3.05, 3.63) is 29.8 Å². The molecule has 2 rings (SSSR count). The Hall–Kier alpha value is -5.82. The number of carboxylic acids is 2. The van der Waals surface area contributed by atoms with Gasteiger partial charge in [-0.1, -0.05) is 39.8 Å². The molecule has 0 bridgehead atoms. The third-order valence-electron chi connectivity index (χ3n) is 10.7. The van der Waals surface area contributed by atoms with Crippen LogP contribution in [0.3, 0.4) is 0 Å². The number of carboxylic acid groups (broad SMARTS) is 2. The largest absolute Gasteiger partial charge is 0.524 e. The van der Waals surface area contributed by atoms with Gasteiger partial charge in [0.05, 0.1) is 12.6 Å². The number of carbonyl (C=O) groups excluding carboxylic acids is 8. The number of phosphoric acid groups is 1. The number of hydrogen-bond donors (Lipinski definition) is 13. The second-order valence-electron chi connectivity index (χ2n) is 17.9. The predicted molar refractivity (Wildman–Crippen MR) is 258 cm³/mol. The number of hydrogen-bond acceptors (Lipinski definition) is 14. The van der Waals surface area contributed by atoms with Gasteiger partial charge < -0.3 is 63.0 Å². The molecule has 27 heteroatoms. The summed E-state index contributed by atoms with van der Waals surface area (Å²) in [5, 5.41) is 39.2. The molecular weight excluding hydrogens is 974 g/mol. The van der Waals surface area contributed by atoms with Crippen LogP contribution in [0.4, 0.5) is 0 Å². The minimum atomic E-state index is -4.94. The van der Waals surface area contributed by atoms with Crippen LogP contribution in [0, 0.1) is 11.8 Å². The summed E-state index contributed by atoms with van der Waals surface area (Å²) in [4.78, 5) is 150. The van der Waals surface area contributed by atoms with Gasteiger partial charge in [-0.25, -0.2) is 9.36 Å². The molecular formula is C44H70N9O16PS. The molecule has 398 valence electrons. The second-order valence-corrected chi connectivity index (χ2v) is 20.0. The van der Waals surface area contributed by atoms with Crippen molar-refractivity contribution in [1.82, 2.24) is 42.5 Å². The number of nitrogens with two attached hydrogens (primary N) is 1. The van der Waals surface area contributed by atoms with Crippen LogP contribution in [0.25, 0.3) is 0 Å². The van der Waals surface area contributed by atoms with Crippen molar-refractivity contribution in [1.29, 1.82) is 0 Å². The van der Waals surface area contributed by atoms with E-state index in [1.54, 1.807) is 34.0 Å². The fourth-order valence-corrected chi connectivity index (χ4v) is 7.95. The van der Waals surface area contributed by atoms with Gasteiger partial charge in [0.1, 0.15) is 42.0 Å². The van der Waals surface area contributed by atoms with Crippen LogP contribution >= 0.6 is 19.6 Å². The van der Waals surface area contributed by atoms with Gasteiger partial charge in [-0.3, -0.25) is 52.9 Å². The monoisotopic (exact) mass is 1040 g/mol. The van der Waals surface area contributed by atoms with Crippen molar-refractivity contribution in [3.8, 4) is 5.75 Å². The molecule has 25 nitrogen and oxygen atoms in total. The Bertz CT molecular complexity index is 2060. The summed E-state index contributed by atoms with van der Waals surface area (Å²) in [7, 11) is -4.94. The molecule has 1 fully saturated rings. The first-order valence-electron chi connectivity index (χ1n) is 23.2. The van der Waals surface area contributed by atoms with Crippen molar-refractivity contribution < 1.29 is 77.0 Å². The second kappa shape index (κ2) is 30.8. The number of carbonyl (C=O) groups is 10. The zero-order valence-electron chi connectivity index (χ0n) is 40.5. The average molecular weight is 1040 g/mol. The molecule has 0 saturated carbocycles. The average Bonchev–Trinajstić information content (AvgIpc) is 3.27. The van der Waals surface area contributed by atoms with Crippen molar-refractivity contribution in [2.24, 2.45) is 17.6 Å². The van der Waals surface area contributed by atoms with Crippen LogP contribution in [0.1, 0.15) is 97.5 Å². The summed E-state index contributed by atoms with van der Waals surface area (Å²) in [6.45, 7) is 6.52. The molecule has 0 radical (unpaired) electrons. The molecule has 8 amide bonds. The number of rotatable bonds is 23. The third kappa shape index (κ3) is 24.7. The fourth-order valence-electron chi connectivity index (χ4n) is 7.09. The van der Waals surface area contributed by atoms with E-state index in [0.717, 1.165) is 0 Å². The quantitative estimate of drug-likeness (QED) is 0.0580. The van der Waals surface area contributed by atoms with E-state index in [4.69, 9.17) is 10.8 Å². The van der Waals surface area contributed by atoms with Crippen LogP contribution in [-0.2, 0) is 58.9 Å². The summed E-state index contributed by atoms with van der Waals surface area (Å²) < 4.78 is 16.1. The summed E-state index contributed by atoms with van der Waals surface area (Å²) in [5.74, 6) is -9.13. The number of nitrogens with one attached hydrogen (secondary N) is 8. The number of thioether (sulfide) groups is 1. The SMILES string of the molecule is CSCC[C@H]1NC(=O)[C@H](Cc2ccc(OP(=O)(O)O)cc2)NC(=O)[C@@H](NC(=O)[C@H](CC(C)C)NC(=O)CNC(=O)[C@@H](N)CCC(=O)O)CCCCNC(=O)CC[C@H](C(=O)N[C@@H](CC(C)C)C(=O)O)NC1=O. The number of amides is 8. The minimum Gasteiger partial charge on any atom is -0.481 e. The van der Waals surface area contributed by atoms with Gasteiger partial charge in [0.15, 0.2) is 0 Å². The Labute approximate surface area is 416 Å². The summed E-state index contributed by atoms with van der Waals surface area (Å²) in [6.07, 6.45) is 0.872. The van der Waals surface area contributed by atoms with E-state index in [1.165, 1.54) is 36.0 Å². The highest BCUT2D eigenvalue weighted by atomic mass is 32.2.